The highest BCUT2D eigenvalue weighted by atomic mass is 16.5. The number of imidazole rings is 1. The van der Waals surface area contributed by atoms with Crippen LogP contribution in [-0.4, -0.2) is 32.7 Å². The van der Waals surface area contributed by atoms with Crippen LogP contribution < -0.4 is 4.74 Å². The Balaban J connectivity index is 1.32. The van der Waals surface area contributed by atoms with Crippen LogP contribution in [0.2, 0.25) is 0 Å². The third kappa shape index (κ3) is 4.95. The van der Waals surface area contributed by atoms with Gasteiger partial charge < -0.3 is 14.4 Å². The summed E-state index contributed by atoms with van der Waals surface area (Å²) in [6, 6.07) is 31.6. The van der Waals surface area contributed by atoms with Crippen molar-refractivity contribution in [3.63, 3.8) is 0 Å². The molecule has 2 aromatic heterocycles. The lowest BCUT2D eigenvalue weighted by atomic mass is 9.94. The molecule has 1 fully saturated rings. The topological polar surface area (TPSA) is 101 Å². The lowest BCUT2D eigenvalue weighted by molar-refractivity contribution is 0.0697. The fraction of sp³-hybridized carbons (Fsp3) is 0.189. The third-order valence-corrected chi connectivity index (χ3v) is 8.65. The van der Waals surface area contributed by atoms with Gasteiger partial charge in [-0.2, -0.15) is 5.26 Å². The molecule has 0 aliphatic heterocycles. The molecular weight excluding hydrogens is 548 g/mol. The van der Waals surface area contributed by atoms with Crippen molar-refractivity contribution in [1.82, 2.24) is 14.5 Å². The average molecular weight is 579 g/mol. The van der Waals surface area contributed by atoms with Crippen LogP contribution in [-0.2, 0) is 0 Å². The average Bonchev–Trinajstić information content (AvgIpc) is 3.47. The minimum atomic E-state index is -0.952. The monoisotopic (exact) mass is 578 g/mol. The molecule has 216 valence electrons. The van der Waals surface area contributed by atoms with Crippen LogP contribution in [0.15, 0.2) is 91.0 Å². The number of hydrogen-bond donors (Lipinski definition) is 1. The number of methoxy groups -OCH3 is 1. The van der Waals surface area contributed by atoms with E-state index in [-0.39, 0.29) is 5.56 Å². The molecule has 7 rings (SSSR count). The Bertz CT molecular complexity index is 2080. The smallest absolute Gasteiger partial charge is 0.335 e. The summed E-state index contributed by atoms with van der Waals surface area (Å²) >= 11 is 0. The molecule has 0 radical (unpaired) electrons. The maximum atomic E-state index is 11.7. The summed E-state index contributed by atoms with van der Waals surface area (Å²) in [6.07, 6.45) is 5.76. The molecule has 4 aromatic carbocycles. The largest absolute Gasteiger partial charge is 0.497 e. The zero-order chi connectivity index (χ0) is 30.2. The van der Waals surface area contributed by atoms with E-state index < -0.39 is 5.97 Å². The van der Waals surface area contributed by atoms with Gasteiger partial charge in [0, 0.05) is 22.6 Å². The normalized spacial score (nSPS) is 13.6. The molecule has 0 amide bonds. The van der Waals surface area contributed by atoms with Crippen LogP contribution >= 0.6 is 0 Å². The molecule has 44 heavy (non-hydrogen) atoms. The number of benzene rings is 4. The fourth-order valence-corrected chi connectivity index (χ4v) is 6.40. The molecule has 0 saturated heterocycles. The van der Waals surface area contributed by atoms with Crippen LogP contribution in [0.4, 0.5) is 0 Å². The Morgan fingerprint density at radius 1 is 0.841 bits per heavy atom. The van der Waals surface area contributed by atoms with E-state index in [2.05, 4.69) is 28.8 Å². The van der Waals surface area contributed by atoms with Crippen molar-refractivity contribution in [2.24, 2.45) is 0 Å². The highest BCUT2D eigenvalue weighted by Crippen LogP contribution is 2.38. The minimum absolute atomic E-state index is 0.241. The molecule has 7 heteroatoms. The summed E-state index contributed by atoms with van der Waals surface area (Å²) < 4.78 is 7.87. The van der Waals surface area contributed by atoms with Crippen molar-refractivity contribution in [3.8, 4) is 45.6 Å². The standard InChI is InChI=1S/C37H30N4O3/c1-44-29-14-15-30(24-9-7-23(22-38)8-10-24)31(21-29)33-17-11-25-19-26(12-16-32(25)39-33)36-40-34-20-27(37(42)43)13-18-35(34)41(36)28-5-3-2-4-6-28/h7-21,28H,2-6H2,1H3,(H,42,43). The molecule has 6 aromatic rings. The maximum absolute atomic E-state index is 11.7. The van der Waals surface area contributed by atoms with E-state index in [1.54, 1.807) is 19.2 Å². The highest BCUT2D eigenvalue weighted by Gasteiger charge is 2.23. The molecule has 1 aliphatic carbocycles. The second-order valence-electron chi connectivity index (χ2n) is 11.3. The molecule has 0 bridgehead atoms. The van der Waals surface area contributed by atoms with E-state index in [1.807, 2.05) is 60.7 Å². The number of nitrogens with zero attached hydrogens (tertiary/aromatic N) is 4. The van der Waals surface area contributed by atoms with Crippen molar-refractivity contribution < 1.29 is 14.6 Å². The predicted molar refractivity (Wildman–Crippen MR) is 172 cm³/mol. The number of carbonyl (C=O) groups is 1. The summed E-state index contributed by atoms with van der Waals surface area (Å²) in [5.74, 6) is 0.644. The number of carboxylic acid groups (broad SMARTS) is 1. The second-order valence-corrected chi connectivity index (χ2v) is 11.3. The molecular formula is C37H30N4O3. The van der Waals surface area contributed by atoms with Gasteiger partial charge in [-0.1, -0.05) is 43.5 Å². The number of nitriles is 1. The Morgan fingerprint density at radius 3 is 2.39 bits per heavy atom. The quantitative estimate of drug-likeness (QED) is 0.212. The molecule has 2 heterocycles. The van der Waals surface area contributed by atoms with Crippen molar-refractivity contribution >= 4 is 27.9 Å². The minimum Gasteiger partial charge on any atom is -0.497 e. The van der Waals surface area contributed by atoms with E-state index >= 15 is 0 Å². The van der Waals surface area contributed by atoms with E-state index in [1.165, 1.54) is 19.3 Å². The van der Waals surface area contributed by atoms with Crippen LogP contribution in [0.25, 0.3) is 55.7 Å². The lowest BCUT2D eigenvalue weighted by Gasteiger charge is -2.25. The Labute approximate surface area is 255 Å². The molecule has 7 nitrogen and oxygen atoms in total. The first-order valence-corrected chi connectivity index (χ1v) is 14.9. The van der Waals surface area contributed by atoms with Gasteiger partial charge in [-0.05, 0) is 90.7 Å². The number of hydrogen-bond acceptors (Lipinski definition) is 5. The van der Waals surface area contributed by atoms with Gasteiger partial charge in [-0.15, -0.1) is 0 Å². The lowest BCUT2D eigenvalue weighted by Crippen LogP contribution is -2.14. The first-order valence-electron chi connectivity index (χ1n) is 14.9. The highest BCUT2D eigenvalue weighted by molar-refractivity contribution is 5.94. The van der Waals surface area contributed by atoms with Crippen molar-refractivity contribution in [2.75, 3.05) is 7.11 Å². The van der Waals surface area contributed by atoms with Gasteiger partial charge in [-0.3, -0.25) is 0 Å². The third-order valence-electron chi connectivity index (χ3n) is 8.65. The van der Waals surface area contributed by atoms with Gasteiger partial charge in [0.1, 0.15) is 11.6 Å². The Morgan fingerprint density at radius 2 is 1.64 bits per heavy atom. The zero-order valence-corrected chi connectivity index (χ0v) is 24.3. The number of rotatable bonds is 6. The van der Waals surface area contributed by atoms with Gasteiger partial charge in [-0.25, -0.2) is 14.8 Å². The zero-order valence-electron chi connectivity index (χ0n) is 24.3. The van der Waals surface area contributed by atoms with Crippen molar-refractivity contribution in [1.29, 1.82) is 5.26 Å². The number of ether oxygens (including phenoxy) is 1. The second kappa shape index (κ2) is 11.3. The molecule has 0 spiro atoms. The predicted octanol–water partition coefficient (Wildman–Crippen LogP) is 8.67. The fourth-order valence-electron chi connectivity index (χ4n) is 6.40. The summed E-state index contributed by atoms with van der Waals surface area (Å²) in [6.45, 7) is 0. The number of aromatic nitrogens is 3. The van der Waals surface area contributed by atoms with Crippen molar-refractivity contribution in [3.05, 3.63) is 102 Å². The van der Waals surface area contributed by atoms with Gasteiger partial charge >= 0.3 is 5.97 Å². The molecule has 1 saturated carbocycles. The SMILES string of the molecule is COc1ccc(-c2ccc(C#N)cc2)c(-c2ccc3cc(-c4nc5cc(C(=O)O)ccc5n4C4CCCCC4)ccc3n2)c1. The van der Waals surface area contributed by atoms with Gasteiger partial charge in [0.15, 0.2) is 0 Å². The number of fused-ring (bicyclic) bond motifs is 2. The first kappa shape index (κ1) is 27.4. The van der Waals surface area contributed by atoms with Gasteiger partial charge in [0.2, 0.25) is 0 Å². The van der Waals surface area contributed by atoms with E-state index in [9.17, 15) is 15.2 Å². The van der Waals surface area contributed by atoms with Gasteiger partial charge in [0.25, 0.3) is 0 Å². The maximum Gasteiger partial charge on any atom is 0.335 e. The molecule has 0 atom stereocenters. The summed E-state index contributed by atoms with van der Waals surface area (Å²) in [4.78, 5) is 21.7. The number of carboxylic acids is 1. The summed E-state index contributed by atoms with van der Waals surface area (Å²) in [7, 11) is 1.65. The first-order chi connectivity index (χ1) is 21.5. The number of pyridine rings is 1. The molecule has 1 N–H and O–H groups in total. The molecule has 0 unspecified atom stereocenters. The Hall–Kier alpha value is -5.48. The van der Waals surface area contributed by atoms with Gasteiger partial charge in [0.05, 0.1) is 46.5 Å². The van der Waals surface area contributed by atoms with Crippen LogP contribution in [0, 0.1) is 11.3 Å². The summed E-state index contributed by atoms with van der Waals surface area (Å²) in [5, 5.41) is 19.8. The van der Waals surface area contributed by atoms with Crippen LogP contribution in [0.5, 0.6) is 5.75 Å². The van der Waals surface area contributed by atoms with Crippen LogP contribution in [0.1, 0.15) is 54.1 Å². The van der Waals surface area contributed by atoms with E-state index in [4.69, 9.17) is 14.7 Å². The summed E-state index contributed by atoms with van der Waals surface area (Å²) in [5.41, 5.74) is 8.11. The number of aromatic carboxylic acids is 1. The van der Waals surface area contributed by atoms with E-state index in [0.717, 1.165) is 68.8 Å². The Kier molecular flexibility index (Phi) is 7.03. The van der Waals surface area contributed by atoms with Crippen molar-refractivity contribution in [2.45, 2.75) is 38.1 Å². The molecule has 1 aliphatic rings. The van der Waals surface area contributed by atoms with E-state index in [0.29, 0.717) is 17.1 Å². The van der Waals surface area contributed by atoms with Crippen LogP contribution in [0.3, 0.4) is 0 Å².